The van der Waals surface area contributed by atoms with Gasteiger partial charge in [0.1, 0.15) is 23.1 Å². The van der Waals surface area contributed by atoms with Gasteiger partial charge in [0.2, 0.25) is 5.91 Å². The van der Waals surface area contributed by atoms with E-state index in [2.05, 4.69) is 10.3 Å². The first-order chi connectivity index (χ1) is 16.5. The van der Waals surface area contributed by atoms with Crippen LogP contribution in [0.15, 0.2) is 65.1 Å². The van der Waals surface area contributed by atoms with Gasteiger partial charge in [0.05, 0.1) is 5.56 Å². The molecular formula is C25H24N6O3. The number of primary amides is 1. The molecule has 172 valence electrons. The molecule has 1 aliphatic rings. The zero-order valence-electron chi connectivity index (χ0n) is 18.5. The second-order valence-corrected chi connectivity index (χ2v) is 8.08. The number of carbonyl (C=O) groups excluding carboxylic acids is 2. The molecule has 4 rings (SSSR count). The van der Waals surface area contributed by atoms with Gasteiger partial charge in [-0.15, -0.1) is 0 Å². The van der Waals surface area contributed by atoms with Gasteiger partial charge in [-0.3, -0.25) is 18.8 Å². The summed E-state index contributed by atoms with van der Waals surface area (Å²) in [6.07, 6.45) is 3.96. The van der Waals surface area contributed by atoms with E-state index in [1.165, 1.54) is 10.5 Å². The van der Waals surface area contributed by atoms with E-state index in [0.717, 1.165) is 5.56 Å². The van der Waals surface area contributed by atoms with Crippen molar-refractivity contribution < 1.29 is 9.59 Å². The van der Waals surface area contributed by atoms with E-state index in [1.54, 1.807) is 24.4 Å². The van der Waals surface area contributed by atoms with Crippen molar-refractivity contribution in [2.45, 2.75) is 19.4 Å². The van der Waals surface area contributed by atoms with Gasteiger partial charge in [-0.05, 0) is 36.6 Å². The Balaban J connectivity index is 1.70. The van der Waals surface area contributed by atoms with Crippen LogP contribution in [-0.2, 0) is 16.1 Å². The fraction of sp³-hybridized carbons (Fsp3) is 0.240. The Hall–Kier alpha value is -4.45. The highest BCUT2D eigenvalue weighted by Crippen LogP contribution is 2.25. The number of aromatic nitrogens is 2. The van der Waals surface area contributed by atoms with Crippen LogP contribution in [-0.4, -0.2) is 34.3 Å². The molecule has 1 aromatic carbocycles. The maximum absolute atomic E-state index is 13.4. The molecule has 9 nitrogen and oxygen atoms in total. The van der Waals surface area contributed by atoms with Gasteiger partial charge in [0, 0.05) is 31.7 Å². The third-order valence-electron chi connectivity index (χ3n) is 5.90. The number of anilines is 1. The zero-order chi connectivity index (χ0) is 24.1. The molecule has 1 saturated heterocycles. The predicted molar refractivity (Wildman–Crippen MR) is 127 cm³/mol. The molecule has 0 aliphatic carbocycles. The normalized spacial score (nSPS) is 14.6. The van der Waals surface area contributed by atoms with Crippen LogP contribution in [0.2, 0.25) is 0 Å². The van der Waals surface area contributed by atoms with Crippen molar-refractivity contribution in [1.82, 2.24) is 14.7 Å². The van der Waals surface area contributed by atoms with Crippen LogP contribution in [0.25, 0.3) is 11.7 Å². The number of piperidine rings is 1. The lowest BCUT2D eigenvalue weighted by atomic mass is 9.96. The lowest BCUT2D eigenvalue weighted by Crippen LogP contribution is -2.40. The molecule has 0 radical (unpaired) electrons. The first kappa shape index (κ1) is 22.7. The summed E-state index contributed by atoms with van der Waals surface area (Å²) in [5, 5.41) is 12.4. The number of nitriles is 1. The van der Waals surface area contributed by atoms with Crippen LogP contribution >= 0.6 is 0 Å². The first-order valence-corrected chi connectivity index (χ1v) is 11.0. The van der Waals surface area contributed by atoms with Crippen molar-refractivity contribution in [3.8, 4) is 6.07 Å². The van der Waals surface area contributed by atoms with Crippen molar-refractivity contribution in [3.63, 3.8) is 0 Å². The number of nitrogens with zero attached hydrogens (tertiary/aromatic N) is 4. The number of fused-ring (bicyclic) bond motifs is 1. The molecule has 34 heavy (non-hydrogen) atoms. The van der Waals surface area contributed by atoms with Crippen LogP contribution in [0.3, 0.4) is 0 Å². The summed E-state index contributed by atoms with van der Waals surface area (Å²) in [6, 6.07) is 16.4. The van der Waals surface area contributed by atoms with Gasteiger partial charge in [0.25, 0.3) is 11.5 Å². The molecule has 1 aliphatic heterocycles. The highest BCUT2D eigenvalue weighted by Gasteiger charge is 2.26. The summed E-state index contributed by atoms with van der Waals surface area (Å²) < 4.78 is 1.38. The zero-order valence-corrected chi connectivity index (χ0v) is 18.5. The standard InChI is InChI=1S/C25H24N6O3/c26-15-19(24(33)28-16-17-6-2-1-3-7-17)14-20-23(30-12-9-18(10-13-30)22(27)32)29-21-8-4-5-11-31(21)25(20)34/h1-8,11,14,18H,9-10,12-13,16H2,(H2,27,32)(H,28,33). The maximum Gasteiger partial charge on any atom is 0.267 e. The van der Waals surface area contributed by atoms with Gasteiger partial charge < -0.3 is 16.0 Å². The van der Waals surface area contributed by atoms with Crippen molar-refractivity contribution in [3.05, 3.63) is 81.8 Å². The molecule has 0 saturated carbocycles. The van der Waals surface area contributed by atoms with E-state index in [9.17, 15) is 19.6 Å². The number of carbonyl (C=O) groups is 2. The van der Waals surface area contributed by atoms with Crippen molar-refractivity contribution in [2.24, 2.45) is 11.7 Å². The smallest absolute Gasteiger partial charge is 0.267 e. The second-order valence-electron chi connectivity index (χ2n) is 8.08. The summed E-state index contributed by atoms with van der Waals surface area (Å²) in [5.41, 5.74) is 6.35. The molecule has 3 aromatic rings. The fourth-order valence-electron chi connectivity index (χ4n) is 4.00. The van der Waals surface area contributed by atoms with Crippen LogP contribution in [0, 0.1) is 17.2 Å². The van der Waals surface area contributed by atoms with Crippen molar-refractivity contribution in [1.29, 1.82) is 5.26 Å². The van der Waals surface area contributed by atoms with Crippen LogP contribution in [0.1, 0.15) is 24.0 Å². The molecule has 9 heteroatoms. The predicted octanol–water partition coefficient (Wildman–Crippen LogP) is 1.62. The molecule has 0 atom stereocenters. The molecule has 3 N–H and O–H groups in total. The van der Waals surface area contributed by atoms with Crippen LogP contribution < -0.4 is 21.5 Å². The maximum atomic E-state index is 13.4. The summed E-state index contributed by atoms with van der Waals surface area (Å²) >= 11 is 0. The minimum absolute atomic E-state index is 0.146. The van der Waals surface area contributed by atoms with Gasteiger partial charge >= 0.3 is 0 Å². The number of nitrogens with two attached hydrogens (primary N) is 1. The number of hydrogen-bond donors (Lipinski definition) is 2. The molecular weight excluding hydrogens is 432 g/mol. The number of nitrogens with one attached hydrogen (secondary N) is 1. The van der Waals surface area contributed by atoms with E-state index in [1.807, 2.05) is 41.3 Å². The van der Waals surface area contributed by atoms with E-state index < -0.39 is 5.91 Å². The highest BCUT2D eigenvalue weighted by molar-refractivity contribution is 6.02. The topological polar surface area (TPSA) is 134 Å². The number of pyridine rings is 1. The molecule has 0 spiro atoms. The quantitative estimate of drug-likeness (QED) is 0.428. The van der Waals surface area contributed by atoms with Gasteiger partial charge in [-0.25, -0.2) is 4.98 Å². The molecule has 3 heterocycles. The Bertz CT molecular complexity index is 1350. The largest absolute Gasteiger partial charge is 0.369 e. The Kier molecular flexibility index (Phi) is 6.69. The Labute approximate surface area is 196 Å². The third-order valence-corrected chi connectivity index (χ3v) is 5.90. The molecule has 2 aromatic heterocycles. The average Bonchev–Trinajstić information content (AvgIpc) is 2.87. The van der Waals surface area contributed by atoms with Gasteiger partial charge in [-0.2, -0.15) is 5.26 Å². The van der Waals surface area contributed by atoms with E-state index in [-0.39, 0.29) is 35.1 Å². The summed E-state index contributed by atoms with van der Waals surface area (Å²) in [6.45, 7) is 1.21. The second kappa shape index (κ2) is 10.0. The lowest BCUT2D eigenvalue weighted by Gasteiger charge is -2.32. The minimum atomic E-state index is -0.581. The van der Waals surface area contributed by atoms with Crippen LogP contribution in [0.4, 0.5) is 5.82 Å². The summed E-state index contributed by atoms with van der Waals surface area (Å²) in [7, 11) is 0. The molecule has 2 amide bonds. The fourth-order valence-corrected chi connectivity index (χ4v) is 4.00. The lowest BCUT2D eigenvalue weighted by molar-refractivity contribution is -0.122. The SMILES string of the molecule is N#CC(=Cc1c(N2CCC(C(N)=O)CC2)nc2ccccn2c1=O)C(=O)NCc1ccccc1. The number of benzene rings is 1. The van der Waals surface area contributed by atoms with Gasteiger partial charge in [-0.1, -0.05) is 36.4 Å². The summed E-state index contributed by atoms with van der Waals surface area (Å²) in [4.78, 5) is 44.2. The van der Waals surface area contributed by atoms with Gasteiger partial charge in [0.15, 0.2) is 0 Å². The monoisotopic (exact) mass is 456 g/mol. The van der Waals surface area contributed by atoms with E-state index in [4.69, 9.17) is 5.73 Å². The third kappa shape index (κ3) is 4.81. The molecule has 0 unspecified atom stereocenters. The van der Waals surface area contributed by atoms with E-state index in [0.29, 0.717) is 37.4 Å². The summed E-state index contributed by atoms with van der Waals surface area (Å²) in [5.74, 6) is -0.770. The number of hydrogen-bond acceptors (Lipinski definition) is 6. The van der Waals surface area contributed by atoms with Crippen molar-refractivity contribution in [2.75, 3.05) is 18.0 Å². The number of amides is 2. The average molecular weight is 457 g/mol. The Morgan fingerprint density at radius 3 is 2.53 bits per heavy atom. The Morgan fingerprint density at radius 2 is 1.85 bits per heavy atom. The first-order valence-electron chi connectivity index (χ1n) is 11.0. The molecule has 1 fully saturated rings. The van der Waals surface area contributed by atoms with Crippen molar-refractivity contribution >= 4 is 29.4 Å². The van der Waals surface area contributed by atoms with Crippen LogP contribution in [0.5, 0.6) is 0 Å². The molecule has 0 bridgehead atoms. The van der Waals surface area contributed by atoms with E-state index >= 15 is 0 Å². The Morgan fingerprint density at radius 1 is 1.15 bits per heavy atom. The minimum Gasteiger partial charge on any atom is -0.369 e. The number of rotatable bonds is 6. The highest BCUT2D eigenvalue weighted by atomic mass is 16.2.